The summed E-state index contributed by atoms with van der Waals surface area (Å²) >= 11 is 0. The lowest BCUT2D eigenvalue weighted by atomic mass is 10.1. The molecular weight excluding hydrogens is 414 g/mol. The quantitative estimate of drug-likeness (QED) is 0.185. The van der Waals surface area contributed by atoms with Crippen molar-refractivity contribution in [2.75, 3.05) is 0 Å². The predicted molar refractivity (Wildman–Crippen MR) is 121 cm³/mol. The zero-order chi connectivity index (χ0) is 23.3. The van der Waals surface area contributed by atoms with Crippen molar-refractivity contribution in [3.8, 4) is 0 Å². The van der Waals surface area contributed by atoms with E-state index in [2.05, 4.69) is 59.3 Å². The highest BCUT2D eigenvalue weighted by atomic mass is 16.6. The fourth-order valence-corrected chi connectivity index (χ4v) is 3.24. The summed E-state index contributed by atoms with van der Waals surface area (Å²) < 4.78 is 4.35. The van der Waals surface area contributed by atoms with Gasteiger partial charge in [-0.25, -0.2) is 4.79 Å². The van der Waals surface area contributed by atoms with Crippen LogP contribution in [-0.2, 0) is 4.74 Å². The molecule has 9 heteroatoms. The number of para-hydroxylation sites is 3. The Labute approximate surface area is 181 Å². The van der Waals surface area contributed by atoms with Gasteiger partial charge >= 0.3 is 17.3 Å². The summed E-state index contributed by atoms with van der Waals surface area (Å²) in [5.41, 5.74) is 1.35. The Kier molecular flexibility index (Phi) is 6.40. The van der Waals surface area contributed by atoms with Crippen LogP contribution in [0.2, 0.25) is 0 Å². The Morgan fingerprint density at radius 2 is 1.59 bits per heavy atom. The third-order valence-corrected chi connectivity index (χ3v) is 4.60. The number of aromatic amines is 1. The predicted octanol–water partition coefficient (Wildman–Crippen LogP) is 5.77. The topological polar surface area (TPSA) is 128 Å². The molecule has 0 spiro atoms. The number of nitrogens with zero attached hydrogens (tertiary/aromatic N) is 2. The molecule has 0 fully saturated rings. The molecule has 1 heterocycles. The maximum Gasteiger partial charge on any atom is 0.360 e. The van der Waals surface area contributed by atoms with E-state index in [4.69, 9.17) is 0 Å². The Bertz CT molecular complexity index is 1370. The number of aromatic nitrogens is 1. The molecule has 32 heavy (non-hydrogen) atoms. The van der Waals surface area contributed by atoms with Crippen molar-refractivity contribution in [2.45, 2.75) is 0 Å². The normalized spacial score (nSPS) is 10.1. The summed E-state index contributed by atoms with van der Waals surface area (Å²) in [5, 5.41) is 23.9. The number of H-pyrrole nitrogens is 1. The zero-order valence-corrected chi connectivity index (χ0v) is 16.7. The van der Waals surface area contributed by atoms with Crippen LogP contribution in [0.3, 0.4) is 0 Å². The van der Waals surface area contributed by atoms with Crippen molar-refractivity contribution < 1.29 is 19.4 Å². The number of hydrogen-bond acceptors (Lipinski definition) is 6. The summed E-state index contributed by atoms with van der Waals surface area (Å²) in [6, 6.07) is 17.8. The SMILES string of the molecule is C=COC(=O)c1cccc([N+](=O)[O-])c1[N+](=O)[O-].C=Cc1cccc2c1[nH]c1ccccc12. The van der Waals surface area contributed by atoms with Gasteiger partial charge in [0.2, 0.25) is 0 Å². The highest BCUT2D eigenvalue weighted by molar-refractivity contribution is 6.09. The zero-order valence-electron chi connectivity index (χ0n) is 16.7. The van der Waals surface area contributed by atoms with Crippen LogP contribution in [-0.4, -0.2) is 20.8 Å². The first kappa shape index (κ1) is 21.9. The summed E-state index contributed by atoms with van der Waals surface area (Å²) in [7, 11) is 0. The van der Waals surface area contributed by atoms with E-state index in [1.807, 2.05) is 12.1 Å². The van der Waals surface area contributed by atoms with Crippen LogP contribution < -0.4 is 0 Å². The fourth-order valence-electron chi connectivity index (χ4n) is 3.24. The van der Waals surface area contributed by atoms with Crippen LogP contribution in [0.25, 0.3) is 27.9 Å². The van der Waals surface area contributed by atoms with Gasteiger partial charge in [-0.2, -0.15) is 0 Å². The molecule has 0 aliphatic rings. The maximum absolute atomic E-state index is 11.3. The van der Waals surface area contributed by atoms with E-state index in [1.165, 1.54) is 21.8 Å². The Morgan fingerprint density at radius 1 is 0.906 bits per heavy atom. The van der Waals surface area contributed by atoms with E-state index in [-0.39, 0.29) is 0 Å². The number of fused-ring (bicyclic) bond motifs is 3. The maximum atomic E-state index is 11.3. The van der Waals surface area contributed by atoms with E-state index in [0.717, 1.165) is 30.0 Å². The summed E-state index contributed by atoms with van der Waals surface area (Å²) in [4.78, 5) is 34.1. The van der Waals surface area contributed by atoms with Gasteiger partial charge in [0.05, 0.1) is 21.6 Å². The van der Waals surface area contributed by atoms with E-state index in [0.29, 0.717) is 0 Å². The molecule has 0 aliphatic carbocycles. The number of nitro benzene ring substituents is 2. The lowest BCUT2D eigenvalue weighted by Gasteiger charge is -2.01. The number of carbonyl (C=O) groups is 1. The second-order valence-corrected chi connectivity index (χ2v) is 6.40. The van der Waals surface area contributed by atoms with Gasteiger partial charge in [-0.15, -0.1) is 0 Å². The van der Waals surface area contributed by atoms with Crippen molar-refractivity contribution in [1.29, 1.82) is 0 Å². The van der Waals surface area contributed by atoms with E-state index < -0.39 is 32.8 Å². The Morgan fingerprint density at radius 3 is 2.25 bits per heavy atom. The van der Waals surface area contributed by atoms with Crippen molar-refractivity contribution in [2.24, 2.45) is 0 Å². The molecule has 0 radical (unpaired) electrons. The smallest absolute Gasteiger partial charge is 0.360 e. The number of benzene rings is 3. The third kappa shape index (κ3) is 4.21. The molecule has 0 unspecified atom stereocenters. The molecule has 4 rings (SSSR count). The van der Waals surface area contributed by atoms with Gasteiger partial charge in [0.1, 0.15) is 5.56 Å². The molecule has 0 saturated heterocycles. The number of esters is 1. The van der Waals surface area contributed by atoms with Gasteiger partial charge in [-0.1, -0.05) is 61.7 Å². The van der Waals surface area contributed by atoms with Crippen LogP contribution >= 0.6 is 0 Å². The van der Waals surface area contributed by atoms with E-state index in [9.17, 15) is 25.0 Å². The summed E-state index contributed by atoms with van der Waals surface area (Å²) in [5.74, 6) is -1.07. The second kappa shape index (κ2) is 9.35. The molecule has 160 valence electrons. The van der Waals surface area contributed by atoms with Gasteiger partial charge in [0.15, 0.2) is 0 Å². The van der Waals surface area contributed by atoms with Crippen LogP contribution in [0.5, 0.6) is 0 Å². The van der Waals surface area contributed by atoms with Crippen LogP contribution in [0, 0.1) is 20.2 Å². The lowest BCUT2D eigenvalue weighted by molar-refractivity contribution is -0.422. The number of rotatable bonds is 5. The van der Waals surface area contributed by atoms with Crippen molar-refractivity contribution in [3.05, 3.63) is 111 Å². The third-order valence-electron chi connectivity index (χ3n) is 4.60. The van der Waals surface area contributed by atoms with Gasteiger partial charge < -0.3 is 9.72 Å². The Hall–Kier alpha value is -4.79. The first-order valence-electron chi connectivity index (χ1n) is 9.24. The minimum atomic E-state index is -1.07. The molecule has 1 N–H and O–H groups in total. The number of nitro groups is 2. The van der Waals surface area contributed by atoms with Crippen LogP contribution in [0.15, 0.2) is 80.1 Å². The van der Waals surface area contributed by atoms with Gasteiger partial charge in [0.25, 0.3) is 0 Å². The van der Waals surface area contributed by atoms with E-state index in [1.54, 1.807) is 0 Å². The molecule has 0 saturated carbocycles. The highest BCUT2D eigenvalue weighted by Gasteiger charge is 2.31. The molecule has 4 aromatic rings. The molecule has 3 aromatic carbocycles. The molecule has 0 amide bonds. The van der Waals surface area contributed by atoms with Crippen molar-refractivity contribution in [1.82, 2.24) is 4.98 Å². The second-order valence-electron chi connectivity index (χ2n) is 6.40. The van der Waals surface area contributed by atoms with Crippen LogP contribution in [0.1, 0.15) is 15.9 Å². The molecule has 0 atom stereocenters. The van der Waals surface area contributed by atoms with Crippen molar-refractivity contribution >= 4 is 45.2 Å². The molecular formula is C23H17N3O6. The molecule has 1 aromatic heterocycles. The molecule has 9 nitrogen and oxygen atoms in total. The minimum absolute atomic E-state index is 0.496. The minimum Gasteiger partial charge on any atom is -0.431 e. The summed E-state index contributed by atoms with van der Waals surface area (Å²) in [6.07, 6.45) is 2.67. The monoisotopic (exact) mass is 431 g/mol. The van der Waals surface area contributed by atoms with Gasteiger partial charge in [0, 0.05) is 22.4 Å². The van der Waals surface area contributed by atoms with E-state index >= 15 is 0 Å². The molecule has 0 bridgehead atoms. The first-order chi connectivity index (χ1) is 15.4. The number of hydrogen-bond donors (Lipinski definition) is 1. The van der Waals surface area contributed by atoms with Gasteiger partial charge in [-0.05, 0) is 17.7 Å². The van der Waals surface area contributed by atoms with Crippen molar-refractivity contribution in [3.63, 3.8) is 0 Å². The number of nitrogens with one attached hydrogen (secondary N) is 1. The van der Waals surface area contributed by atoms with Crippen LogP contribution in [0.4, 0.5) is 11.4 Å². The standard InChI is InChI=1S/C14H11N.C9H6N2O6/c1-2-10-6-5-8-12-11-7-3-4-9-13(11)15-14(10)12;1-2-17-9(12)6-4-3-5-7(10(13)14)8(6)11(15)16/h2-9,15H,1H2;2-5H,1H2. The largest absolute Gasteiger partial charge is 0.431 e. The average Bonchev–Trinajstić information content (AvgIpc) is 3.18. The summed E-state index contributed by atoms with van der Waals surface area (Å²) in [6.45, 7) is 6.94. The number of carbonyl (C=O) groups excluding carboxylic acids is 1. The number of ether oxygens (including phenoxy) is 1. The first-order valence-corrected chi connectivity index (χ1v) is 9.24. The van der Waals surface area contributed by atoms with Gasteiger partial charge in [-0.3, -0.25) is 20.2 Å². The Balaban J connectivity index is 0.000000181. The average molecular weight is 431 g/mol. The highest BCUT2D eigenvalue weighted by Crippen LogP contribution is 2.31. The molecule has 0 aliphatic heterocycles. The lowest BCUT2D eigenvalue weighted by Crippen LogP contribution is -2.07. The fraction of sp³-hybridized carbons (Fsp3) is 0.